The van der Waals surface area contributed by atoms with E-state index in [9.17, 15) is 9.18 Å². The van der Waals surface area contributed by atoms with Crippen molar-refractivity contribution in [2.75, 3.05) is 0 Å². The number of rotatable bonds is 6. The van der Waals surface area contributed by atoms with E-state index in [0.29, 0.717) is 16.0 Å². The van der Waals surface area contributed by atoms with Gasteiger partial charge in [0.25, 0.3) is 0 Å². The molecule has 1 aromatic heterocycles. The highest BCUT2D eigenvalue weighted by Crippen LogP contribution is 2.27. The molecule has 0 spiro atoms. The molecule has 2 aromatic carbocycles. The molecule has 0 radical (unpaired) electrons. The maximum atomic E-state index is 13.1. The lowest BCUT2D eigenvalue weighted by Gasteiger charge is -2.17. The van der Waals surface area contributed by atoms with E-state index in [1.54, 1.807) is 24.3 Å². The molecular weight excluding hydrogens is 399 g/mol. The summed E-state index contributed by atoms with van der Waals surface area (Å²) < 4.78 is 14.9. The number of thioether (sulfide) groups is 1. The molecule has 8 heteroatoms. The number of hydrogen-bond acceptors (Lipinski definition) is 4. The number of nitrogens with one attached hydrogen (secondary N) is 1. The second-order valence-electron chi connectivity index (χ2n) is 6.41. The Bertz CT molecular complexity index is 959. The third-order valence-corrected chi connectivity index (χ3v) is 5.70. The predicted molar refractivity (Wildman–Crippen MR) is 110 cm³/mol. The Hall–Kier alpha value is -2.38. The van der Waals surface area contributed by atoms with Crippen LogP contribution in [0.15, 0.2) is 53.7 Å². The largest absolute Gasteiger partial charge is 0.349 e. The molecule has 0 fully saturated rings. The number of hydrogen-bond donors (Lipinski definition) is 1. The highest BCUT2D eigenvalue weighted by molar-refractivity contribution is 8.00. The van der Waals surface area contributed by atoms with Gasteiger partial charge < -0.3 is 9.88 Å². The van der Waals surface area contributed by atoms with Gasteiger partial charge >= 0.3 is 0 Å². The first-order chi connectivity index (χ1) is 13.3. The van der Waals surface area contributed by atoms with Crippen molar-refractivity contribution >= 4 is 29.3 Å². The van der Waals surface area contributed by atoms with E-state index in [2.05, 4.69) is 15.5 Å². The SMILES string of the molecule is CC(Sc1nnc(-c2ccc(Cl)cc2)n1C)C(=O)NC(C)c1ccc(F)cc1. The Kier molecular flexibility index (Phi) is 6.36. The fourth-order valence-electron chi connectivity index (χ4n) is 2.65. The van der Waals surface area contributed by atoms with Crippen LogP contribution in [0, 0.1) is 5.82 Å². The molecule has 1 N–H and O–H groups in total. The lowest BCUT2D eigenvalue weighted by molar-refractivity contribution is -0.120. The number of aromatic nitrogens is 3. The summed E-state index contributed by atoms with van der Waals surface area (Å²) in [5, 5.41) is 12.3. The highest BCUT2D eigenvalue weighted by atomic mass is 35.5. The number of carbonyl (C=O) groups is 1. The fourth-order valence-corrected chi connectivity index (χ4v) is 3.59. The topological polar surface area (TPSA) is 59.8 Å². The molecule has 1 amide bonds. The predicted octanol–water partition coefficient (Wildman–Crippen LogP) is 4.63. The van der Waals surface area contributed by atoms with Crippen molar-refractivity contribution < 1.29 is 9.18 Å². The van der Waals surface area contributed by atoms with Crippen molar-refractivity contribution in [3.05, 3.63) is 64.9 Å². The summed E-state index contributed by atoms with van der Waals surface area (Å²) in [6.07, 6.45) is 0. The summed E-state index contributed by atoms with van der Waals surface area (Å²) in [6, 6.07) is 13.2. The molecule has 2 unspecified atom stereocenters. The zero-order chi connectivity index (χ0) is 20.3. The first-order valence-corrected chi connectivity index (χ1v) is 9.98. The van der Waals surface area contributed by atoms with Gasteiger partial charge in [0.05, 0.1) is 11.3 Å². The molecule has 0 saturated heterocycles. The summed E-state index contributed by atoms with van der Waals surface area (Å²) in [5.74, 6) is 0.272. The van der Waals surface area contributed by atoms with E-state index in [0.717, 1.165) is 11.1 Å². The van der Waals surface area contributed by atoms with Crippen LogP contribution in [0.3, 0.4) is 0 Å². The lowest BCUT2D eigenvalue weighted by atomic mass is 10.1. The van der Waals surface area contributed by atoms with Crippen LogP contribution in [0.1, 0.15) is 25.5 Å². The van der Waals surface area contributed by atoms with E-state index in [1.165, 1.54) is 23.9 Å². The van der Waals surface area contributed by atoms with Crippen LogP contribution in [0.25, 0.3) is 11.4 Å². The molecule has 146 valence electrons. The molecule has 0 saturated carbocycles. The van der Waals surface area contributed by atoms with E-state index in [4.69, 9.17) is 11.6 Å². The maximum absolute atomic E-state index is 13.1. The van der Waals surface area contributed by atoms with Gasteiger partial charge in [-0.1, -0.05) is 35.5 Å². The van der Waals surface area contributed by atoms with Crippen LogP contribution < -0.4 is 5.32 Å². The molecule has 2 atom stereocenters. The molecule has 3 rings (SSSR count). The Morgan fingerprint density at radius 1 is 1.11 bits per heavy atom. The van der Waals surface area contributed by atoms with Gasteiger partial charge in [0.2, 0.25) is 5.91 Å². The van der Waals surface area contributed by atoms with Gasteiger partial charge in [-0.2, -0.15) is 0 Å². The molecule has 0 bridgehead atoms. The smallest absolute Gasteiger partial charge is 0.233 e. The summed E-state index contributed by atoms with van der Waals surface area (Å²) in [6.45, 7) is 3.68. The zero-order valence-electron chi connectivity index (χ0n) is 15.7. The van der Waals surface area contributed by atoms with Crippen molar-refractivity contribution in [3.8, 4) is 11.4 Å². The van der Waals surface area contributed by atoms with Gasteiger partial charge in [-0.15, -0.1) is 10.2 Å². The van der Waals surface area contributed by atoms with Gasteiger partial charge in [-0.3, -0.25) is 4.79 Å². The second-order valence-corrected chi connectivity index (χ2v) is 8.16. The summed E-state index contributed by atoms with van der Waals surface area (Å²) in [4.78, 5) is 12.5. The molecule has 28 heavy (non-hydrogen) atoms. The van der Waals surface area contributed by atoms with Gasteiger partial charge in [-0.05, 0) is 55.8 Å². The first-order valence-electron chi connectivity index (χ1n) is 8.73. The number of benzene rings is 2. The van der Waals surface area contributed by atoms with Gasteiger partial charge in [-0.25, -0.2) is 4.39 Å². The van der Waals surface area contributed by atoms with E-state index in [-0.39, 0.29) is 23.0 Å². The molecule has 3 aromatic rings. The number of nitrogens with zero attached hydrogens (tertiary/aromatic N) is 3. The van der Waals surface area contributed by atoms with Crippen LogP contribution >= 0.6 is 23.4 Å². The summed E-state index contributed by atoms with van der Waals surface area (Å²) in [5.41, 5.74) is 1.74. The zero-order valence-corrected chi connectivity index (χ0v) is 17.3. The summed E-state index contributed by atoms with van der Waals surface area (Å²) in [7, 11) is 1.86. The Morgan fingerprint density at radius 3 is 2.39 bits per heavy atom. The summed E-state index contributed by atoms with van der Waals surface area (Å²) >= 11 is 7.26. The minimum atomic E-state index is -0.371. The molecule has 1 heterocycles. The monoisotopic (exact) mass is 418 g/mol. The number of halogens is 2. The Morgan fingerprint density at radius 2 is 1.75 bits per heavy atom. The van der Waals surface area contributed by atoms with Crippen molar-refractivity contribution in [2.45, 2.75) is 30.3 Å². The Balaban J connectivity index is 1.65. The normalized spacial score (nSPS) is 13.2. The van der Waals surface area contributed by atoms with E-state index < -0.39 is 0 Å². The average Bonchev–Trinajstić information content (AvgIpc) is 3.03. The van der Waals surface area contributed by atoms with Gasteiger partial charge in [0.15, 0.2) is 11.0 Å². The van der Waals surface area contributed by atoms with Crippen molar-refractivity contribution in [2.24, 2.45) is 7.05 Å². The molecule has 0 aliphatic heterocycles. The number of amides is 1. The lowest BCUT2D eigenvalue weighted by Crippen LogP contribution is -2.33. The van der Waals surface area contributed by atoms with Crippen LogP contribution in [0.4, 0.5) is 4.39 Å². The van der Waals surface area contributed by atoms with Gasteiger partial charge in [0.1, 0.15) is 5.82 Å². The second kappa shape index (κ2) is 8.75. The molecule has 0 aliphatic rings. The molecular formula is C20H20ClFN4OS. The van der Waals surface area contributed by atoms with Crippen LogP contribution in [0.5, 0.6) is 0 Å². The van der Waals surface area contributed by atoms with Crippen LogP contribution in [0.2, 0.25) is 5.02 Å². The van der Waals surface area contributed by atoms with E-state index >= 15 is 0 Å². The van der Waals surface area contributed by atoms with Crippen molar-refractivity contribution in [3.63, 3.8) is 0 Å². The Labute approximate surface area is 172 Å². The molecule has 5 nitrogen and oxygen atoms in total. The van der Waals surface area contributed by atoms with Crippen LogP contribution in [-0.4, -0.2) is 25.9 Å². The number of carbonyl (C=O) groups excluding carboxylic acids is 1. The fraction of sp³-hybridized carbons (Fsp3) is 0.250. The van der Waals surface area contributed by atoms with Crippen molar-refractivity contribution in [1.82, 2.24) is 20.1 Å². The van der Waals surface area contributed by atoms with Crippen LogP contribution in [-0.2, 0) is 11.8 Å². The minimum absolute atomic E-state index is 0.127. The third kappa shape index (κ3) is 4.72. The highest BCUT2D eigenvalue weighted by Gasteiger charge is 2.21. The molecule has 0 aliphatic carbocycles. The quantitative estimate of drug-likeness (QED) is 0.593. The first kappa shape index (κ1) is 20.4. The third-order valence-electron chi connectivity index (χ3n) is 4.32. The standard InChI is InChI=1S/C20H20ClFN4OS/c1-12(14-6-10-17(22)11-7-14)23-19(27)13(2)28-20-25-24-18(26(20)3)15-4-8-16(21)9-5-15/h4-13H,1-3H3,(H,23,27). The van der Waals surface area contributed by atoms with Crippen molar-refractivity contribution in [1.29, 1.82) is 0 Å². The maximum Gasteiger partial charge on any atom is 0.233 e. The average molecular weight is 419 g/mol. The van der Waals surface area contributed by atoms with Gasteiger partial charge in [0, 0.05) is 17.6 Å². The minimum Gasteiger partial charge on any atom is -0.349 e. The van der Waals surface area contributed by atoms with E-state index in [1.807, 2.05) is 37.6 Å².